The maximum atomic E-state index is 5.89. The molecule has 0 fully saturated rings. The molecule has 0 aliphatic rings. The lowest BCUT2D eigenvalue weighted by Crippen LogP contribution is -2.18. The molecule has 0 saturated heterocycles. The molecule has 2 N–H and O–H groups in total. The minimum absolute atomic E-state index is 0.0942. The van der Waals surface area contributed by atoms with Crippen LogP contribution in [-0.2, 0) is 12.8 Å². The van der Waals surface area contributed by atoms with Crippen molar-refractivity contribution in [2.75, 3.05) is 14.2 Å². The molecule has 0 saturated carbocycles. The van der Waals surface area contributed by atoms with Gasteiger partial charge >= 0.3 is 0 Å². The van der Waals surface area contributed by atoms with Gasteiger partial charge in [-0.3, -0.25) is 0 Å². The number of rotatable bonds is 6. The molecule has 4 heteroatoms. The van der Waals surface area contributed by atoms with Gasteiger partial charge in [0.05, 0.1) is 14.2 Å². The zero-order chi connectivity index (χ0) is 14.5. The van der Waals surface area contributed by atoms with E-state index in [1.165, 1.54) is 4.88 Å². The molecular weight excluding hydrogens is 270 g/mol. The molecule has 3 nitrogen and oxygen atoms in total. The van der Waals surface area contributed by atoms with Crippen LogP contribution >= 0.6 is 11.3 Å². The first kappa shape index (κ1) is 14.9. The first-order valence-electron chi connectivity index (χ1n) is 6.65. The zero-order valence-corrected chi connectivity index (χ0v) is 13.0. The summed E-state index contributed by atoms with van der Waals surface area (Å²) in [7, 11) is 3.40. The van der Waals surface area contributed by atoms with Gasteiger partial charge in [-0.2, -0.15) is 0 Å². The predicted octanol–water partition coefficient (Wildman–Crippen LogP) is 3.25. The smallest absolute Gasteiger partial charge is 0.122 e. The second-order valence-corrected chi connectivity index (χ2v) is 5.95. The van der Waals surface area contributed by atoms with Crippen molar-refractivity contribution in [2.24, 2.45) is 5.73 Å². The number of nitrogens with two attached hydrogens (primary N) is 1. The summed E-state index contributed by atoms with van der Waals surface area (Å²) in [5.74, 6) is 1.78. The molecule has 2 aromatic rings. The van der Waals surface area contributed by atoms with Crippen molar-refractivity contribution in [3.63, 3.8) is 0 Å². The predicted molar refractivity (Wildman–Crippen MR) is 84.0 cm³/mol. The van der Waals surface area contributed by atoms with Crippen molar-refractivity contribution in [3.05, 3.63) is 45.6 Å². The fraction of sp³-hybridized carbons (Fsp3) is 0.375. The van der Waals surface area contributed by atoms with E-state index in [4.69, 9.17) is 15.2 Å². The van der Waals surface area contributed by atoms with Crippen LogP contribution in [0.2, 0.25) is 0 Å². The third-order valence-corrected chi connectivity index (χ3v) is 4.05. The van der Waals surface area contributed by atoms with Gasteiger partial charge in [-0.15, -0.1) is 11.3 Å². The van der Waals surface area contributed by atoms with E-state index in [9.17, 15) is 0 Å². The van der Waals surface area contributed by atoms with Crippen molar-refractivity contribution in [2.45, 2.75) is 25.8 Å². The van der Waals surface area contributed by atoms with Crippen LogP contribution < -0.4 is 15.2 Å². The molecular formula is C16H21NO2S. The van der Waals surface area contributed by atoms with Crippen molar-refractivity contribution in [1.29, 1.82) is 0 Å². The third-order valence-electron chi connectivity index (χ3n) is 3.17. The van der Waals surface area contributed by atoms with Gasteiger partial charge in [-0.1, -0.05) is 6.07 Å². The first-order chi connectivity index (χ1) is 9.63. The number of hydrogen-bond acceptors (Lipinski definition) is 4. The summed E-state index contributed by atoms with van der Waals surface area (Å²) in [6.45, 7) is 1.99. The Morgan fingerprint density at radius 2 is 1.80 bits per heavy atom. The molecule has 1 heterocycles. The minimum atomic E-state index is 0.0942. The van der Waals surface area contributed by atoms with E-state index >= 15 is 0 Å². The van der Waals surface area contributed by atoms with Gasteiger partial charge in [0, 0.05) is 22.9 Å². The normalized spacial score (nSPS) is 12.2. The summed E-state index contributed by atoms with van der Waals surface area (Å²) in [5.41, 5.74) is 8.12. The van der Waals surface area contributed by atoms with E-state index in [0.717, 1.165) is 35.5 Å². The van der Waals surface area contributed by atoms with Crippen LogP contribution in [0.15, 0.2) is 29.6 Å². The second kappa shape index (κ2) is 6.77. The average Bonchev–Trinajstić information content (AvgIpc) is 2.92. The van der Waals surface area contributed by atoms with Gasteiger partial charge in [0.25, 0.3) is 0 Å². The summed E-state index contributed by atoms with van der Waals surface area (Å²) < 4.78 is 11.0. The van der Waals surface area contributed by atoms with Crippen LogP contribution in [0, 0.1) is 0 Å². The number of hydrogen-bond donors (Lipinski definition) is 1. The van der Waals surface area contributed by atoms with Crippen molar-refractivity contribution < 1.29 is 9.47 Å². The molecule has 0 bridgehead atoms. The highest BCUT2D eigenvalue weighted by Gasteiger charge is 2.13. The molecule has 0 spiro atoms. The quantitative estimate of drug-likeness (QED) is 0.888. The van der Waals surface area contributed by atoms with E-state index in [1.807, 2.05) is 13.0 Å². The average molecular weight is 291 g/mol. The van der Waals surface area contributed by atoms with Crippen LogP contribution in [0.25, 0.3) is 0 Å². The van der Waals surface area contributed by atoms with Gasteiger partial charge < -0.3 is 15.2 Å². The maximum absolute atomic E-state index is 5.89. The third kappa shape index (κ3) is 3.52. The Hall–Kier alpha value is -1.52. The molecule has 2 rings (SSSR count). The van der Waals surface area contributed by atoms with Crippen molar-refractivity contribution >= 4 is 11.3 Å². The van der Waals surface area contributed by atoms with Crippen LogP contribution in [0.4, 0.5) is 0 Å². The van der Waals surface area contributed by atoms with Crippen LogP contribution in [0.3, 0.4) is 0 Å². The molecule has 0 radical (unpaired) electrons. The maximum Gasteiger partial charge on any atom is 0.122 e. The summed E-state index contributed by atoms with van der Waals surface area (Å²) in [5, 5.41) is 2.09. The van der Waals surface area contributed by atoms with E-state index in [0.29, 0.717) is 0 Å². The number of methoxy groups -OCH3 is 2. The standard InChI is InChI=1S/C16H21NO2S/c1-11(17)7-12-9-16(19-3)13(10-15(12)18-2)8-14-5-4-6-20-14/h4-6,9-11H,7-8,17H2,1-3H3/t11-/m1/s1. The van der Waals surface area contributed by atoms with Crippen molar-refractivity contribution in [3.8, 4) is 11.5 Å². The van der Waals surface area contributed by atoms with Crippen LogP contribution in [0.5, 0.6) is 11.5 Å². The molecule has 1 aromatic heterocycles. The SMILES string of the molecule is COc1cc(C[C@@H](C)N)c(OC)cc1Cc1cccs1. The highest BCUT2D eigenvalue weighted by atomic mass is 32.1. The van der Waals surface area contributed by atoms with Gasteiger partial charge in [0.15, 0.2) is 0 Å². The topological polar surface area (TPSA) is 44.5 Å². The minimum Gasteiger partial charge on any atom is -0.496 e. The Morgan fingerprint density at radius 3 is 2.35 bits per heavy atom. The number of ether oxygens (including phenoxy) is 2. The van der Waals surface area contributed by atoms with E-state index in [1.54, 1.807) is 25.6 Å². The Balaban J connectivity index is 2.36. The molecule has 0 amide bonds. The summed E-state index contributed by atoms with van der Waals surface area (Å²) >= 11 is 1.75. The summed E-state index contributed by atoms with van der Waals surface area (Å²) in [4.78, 5) is 1.31. The van der Waals surface area contributed by atoms with E-state index < -0.39 is 0 Å². The largest absolute Gasteiger partial charge is 0.496 e. The van der Waals surface area contributed by atoms with Crippen molar-refractivity contribution in [1.82, 2.24) is 0 Å². The molecule has 20 heavy (non-hydrogen) atoms. The Kier molecular flexibility index (Phi) is 5.04. The molecule has 0 aliphatic carbocycles. The molecule has 108 valence electrons. The van der Waals surface area contributed by atoms with E-state index in [2.05, 4.69) is 23.6 Å². The highest BCUT2D eigenvalue weighted by Crippen LogP contribution is 2.32. The number of benzene rings is 1. The molecule has 0 unspecified atom stereocenters. The Labute approximate surface area is 124 Å². The fourth-order valence-corrected chi connectivity index (χ4v) is 3.00. The van der Waals surface area contributed by atoms with Crippen LogP contribution in [0.1, 0.15) is 22.9 Å². The van der Waals surface area contributed by atoms with Gasteiger partial charge in [0.1, 0.15) is 11.5 Å². The molecule has 1 atom stereocenters. The van der Waals surface area contributed by atoms with Gasteiger partial charge in [-0.05, 0) is 42.5 Å². The molecule has 0 aliphatic heterocycles. The Bertz CT molecular complexity index is 550. The summed E-state index contributed by atoms with van der Waals surface area (Å²) in [6, 6.07) is 8.40. The lowest BCUT2D eigenvalue weighted by Gasteiger charge is -2.16. The zero-order valence-electron chi connectivity index (χ0n) is 12.2. The second-order valence-electron chi connectivity index (χ2n) is 4.91. The monoisotopic (exact) mass is 291 g/mol. The summed E-state index contributed by atoms with van der Waals surface area (Å²) in [6.07, 6.45) is 1.63. The lowest BCUT2D eigenvalue weighted by atomic mass is 10.0. The molecule has 1 aromatic carbocycles. The van der Waals surface area contributed by atoms with Gasteiger partial charge in [0.2, 0.25) is 0 Å². The highest BCUT2D eigenvalue weighted by molar-refractivity contribution is 7.09. The van der Waals surface area contributed by atoms with Gasteiger partial charge in [-0.25, -0.2) is 0 Å². The first-order valence-corrected chi connectivity index (χ1v) is 7.53. The lowest BCUT2D eigenvalue weighted by molar-refractivity contribution is 0.394. The van der Waals surface area contributed by atoms with E-state index in [-0.39, 0.29) is 6.04 Å². The Morgan fingerprint density at radius 1 is 1.15 bits per heavy atom. The fourth-order valence-electron chi connectivity index (χ4n) is 2.27. The number of thiophene rings is 1. The van der Waals surface area contributed by atoms with Crippen LogP contribution in [-0.4, -0.2) is 20.3 Å².